The number of rotatable bonds is 7. The van der Waals surface area contributed by atoms with Crippen LogP contribution in [-0.2, 0) is 6.54 Å². The molecule has 4 nitrogen and oxygen atoms in total. The van der Waals surface area contributed by atoms with Gasteiger partial charge in [0.2, 0.25) is 0 Å². The molecular weight excluding hydrogens is 226 g/mol. The lowest BCUT2D eigenvalue weighted by Crippen LogP contribution is -2.17. The third-order valence-electron chi connectivity index (χ3n) is 3.49. The largest absolute Gasteiger partial charge is 0.463 e. The average molecular weight is 247 g/mol. The summed E-state index contributed by atoms with van der Waals surface area (Å²) in [6.07, 6.45) is 6.49. The van der Waals surface area contributed by atoms with Crippen LogP contribution in [0.3, 0.4) is 0 Å². The first-order valence-electron chi connectivity index (χ1n) is 7.00. The monoisotopic (exact) mass is 247 g/mol. The summed E-state index contributed by atoms with van der Waals surface area (Å²) in [5.41, 5.74) is 2.02. The molecule has 0 unspecified atom stereocenters. The Bertz CT molecular complexity index is 414. The second-order valence-corrected chi connectivity index (χ2v) is 5.52. The molecule has 2 aliphatic carbocycles. The first-order chi connectivity index (χ1) is 8.79. The van der Waals surface area contributed by atoms with Crippen LogP contribution in [0.5, 0.6) is 6.01 Å². The molecule has 1 aromatic rings. The van der Waals surface area contributed by atoms with E-state index in [0.29, 0.717) is 12.1 Å². The van der Waals surface area contributed by atoms with E-state index in [1.807, 2.05) is 13.0 Å². The number of hydrogen-bond donors (Lipinski definition) is 1. The Morgan fingerprint density at radius 2 is 2.11 bits per heavy atom. The molecule has 0 atom stereocenters. The van der Waals surface area contributed by atoms with E-state index in [2.05, 4.69) is 15.3 Å². The first-order valence-corrected chi connectivity index (χ1v) is 7.00. The van der Waals surface area contributed by atoms with Crippen molar-refractivity contribution in [3.8, 4) is 6.01 Å². The molecule has 0 aromatic carbocycles. The minimum absolute atomic E-state index is 0.545. The fourth-order valence-electron chi connectivity index (χ4n) is 2.02. The van der Waals surface area contributed by atoms with E-state index in [9.17, 15) is 0 Å². The number of hydrogen-bond acceptors (Lipinski definition) is 4. The molecule has 1 N–H and O–H groups in total. The Balaban J connectivity index is 1.53. The fraction of sp³-hybridized carbons (Fsp3) is 0.714. The number of aryl methyl sites for hydroxylation is 1. The van der Waals surface area contributed by atoms with Crippen LogP contribution in [-0.4, -0.2) is 22.6 Å². The zero-order valence-corrected chi connectivity index (χ0v) is 11.0. The number of nitrogens with one attached hydrogen (secondary N) is 1. The summed E-state index contributed by atoms with van der Waals surface area (Å²) in [4.78, 5) is 8.79. The van der Waals surface area contributed by atoms with Gasteiger partial charge in [0.15, 0.2) is 0 Å². The Morgan fingerprint density at radius 1 is 1.28 bits per heavy atom. The van der Waals surface area contributed by atoms with Gasteiger partial charge in [0.1, 0.15) is 0 Å². The van der Waals surface area contributed by atoms with Crippen LogP contribution in [0.4, 0.5) is 0 Å². The maximum Gasteiger partial charge on any atom is 0.316 e. The van der Waals surface area contributed by atoms with E-state index >= 15 is 0 Å². The molecule has 2 aliphatic rings. The van der Waals surface area contributed by atoms with Gasteiger partial charge < -0.3 is 10.1 Å². The van der Waals surface area contributed by atoms with Crippen LogP contribution < -0.4 is 10.1 Å². The Kier molecular flexibility index (Phi) is 3.46. The van der Waals surface area contributed by atoms with Crippen molar-refractivity contribution in [2.45, 2.75) is 51.6 Å². The van der Waals surface area contributed by atoms with Crippen LogP contribution in [0.25, 0.3) is 0 Å². The second-order valence-electron chi connectivity index (χ2n) is 5.52. The molecule has 4 heteroatoms. The molecule has 1 heterocycles. The van der Waals surface area contributed by atoms with Crippen LogP contribution >= 0.6 is 0 Å². The molecule has 0 radical (unpaired) electrons. The van der Waals surface area contributed by atoms with Crippen molar-refractivity contribution < 1.29 is 4.74 Å². The summed E-state index contributed by atoms with van der Waals surface area (Å²) in [5.74, 6) is 0.894. The molecule has 0 saturated heterocycles. The average Bonchev–Trinajstić information content (AvgIpc) is 3.21. The topological polar surface area (TPSA) is 47.0 Å². The summed E-state index contributed by atoms with van der Waals surface area (Å²) < 4.78 is 5.65. The van der Waals surface area contributed by atoms with E-state index in [-0.39, 0.29) is 0 Å². The van der Waals surface area contributed by atoms with E-state index < -0.39 is 0 Å². The lowest BCUT2D eigenvalue weighted by Gasteiger charge is -2.08. The van der Waals surface area contributed by atoms with Gasteiger partial charge in [-0.15, -0.1) is 0 Å². The van der Waals surface area contributed by atoms with Crippen LogP contribution in [0.1, 0.15) is 43.5 Å². The molecule has 1 aromatic heterocycles. The molecule has 2 fully saturated rings. The molecule has 0 aliphatic heterocycles. The zero-order chi connectivity index (χ0) is 12.4. The number of nitrogens with zero attached hydrogens (tertiary/aromatic N) is 2. The van der Waals surface area contributed by atoms with Crippen molar-refractivity contribution in [3.63, 3.8) is 0 Å². The molecule has 18 heavy (non-hydrogen) atoms. The lowest BCUT2D eigenvalue weighted by molar-refractivity contribution is 0.277. The summed E-state index contributed by atoms with van der Waals surface area (Å²) in [7, 11) is 0. The van der Waals surface area contributed by atoms with E-state index in [0.717, 1.165) is 36.9 Å². The van der Waals surface area contributed by atoms with Crippen molar-refractivity contribution in [1.29, 1.82) is 0 Å². The van der Waals surface area contributed by atoms with Crippen LogP contribution in [0.2, 0.25) is 0 Å². The van der Waals surface area contributed by atoms with Gasteiger partial charge in [-0.05, 0) is 38.2 Å². The fourth-order valence-corrected chi connectivity index (χ4v) is 2.02. The van der Waals surface area contributed by atoms with Gasteiger partial charge in [-0.1, -0.05) is 12.8 Å². The molecule has 2 saturated carbocycles. The Labute approximate surface area is 108 Å². The van der Waals surface area contributed by atoms with Crippen molar-refractivity contribution in [2.75, 3.05) is 6.61 Å². The molecule has 3 rings (SSSR count). The summed E-state index contributed by atoms with van der Waals surface area (Å²) in [6.45, 7) is 3.58. The third-order valence-corrected chi connectivity index (χ3v) is 3.49. The molecule has 0 spiro atoms. The van der Waals surface area contributed by atoms with Gasteiger partial charge in [-0.2, -0.15) is 4.98 Å². The van der Waals surface area contributed by atoms with E-state index in [1.165, 1.54) is 25.7 Å². The highest BCUT2D eigenvalue weighted by molar-refractivity contribution is 5.13. The Morgan fingerprint density at radius 3 is 2.83 bits per heavy atom. The smallest absolute Gasteiger partial charge is 0.316 e. The van der Waals surface area contributed by atoms with Crippen LogP contribution in [0.15, 0.2) is 6.07 Å². The highest BCUT2D eigenvalue weighted by Gasteiger charge is 2.21. The number of aromatic nitrogens is 2. The summed E-state index contributed by atoms with van der Waals surface area (Å²) in [6, 6.07) is 3.28. The molecule has 98 valence electrons. The first kappa shape index (κ1) is 11.9. The zero-order valence-electron chi connectivity index (χ0n) is 11.0. The van der Waals surface area contributed by atoms with Crippen molar-refractivity contribution >= 4 is 0 Å². The standard InChI is InChI=1S/C14H21N3O/c1-10-8-13(9-15-12-4-5-12)17-14(16-10)18-7-6-11-2-3-11/h8,11-12,15H,2-7,9H2,1H3. The summed E-state index contributed by atoms with van der Waals surface area (Å²) in [5, 5.41) is 3.47. The van der Waals surface area contributed by atoms with E-state index in [4.69, 9.17) is 4.74 Å². The summed E-state index contributed by atoms with van der Waals surface area (Å²) >= 11 is 0. The van der Waals surface area contributed by atoms with Gasteiger partial charge in [0, 0.05) is 18.3 Å². The van der Waals surface area contributed by atoms with Crippen LogP contribution in [0, 0.1) is 12.8 Å². The third kappa shape index (κ3) is 3.67. The SMILES string of the molecule is Cc1cc(CNC2CC2)nc(OCCC2CC2)n1. The predicted molar refractivity (Wildman–Crippen MR) is 69.5 cm³/mol. The highest BCUT2D eigenvalue weighted by Crippen LogP contribution is 2.32. The molecular formula is C14H21N3O. The Hall–Kier alpha value is -1.16. The van der Waals surface area contributed by atoms with Gasteiger partial charge in [-0.3, -0.25) is 0 Å². The number of ether oxygens (including phenoxy) is 1. The van der Waals surface area contributed by atoms with Crippen molar-refractivity contribution in [2.24, 2.45) is 5.92 Å². The molecule has 0 amide bonds. The van der Waals surface area contributed by atoms with Crippen molar-refractivity contribution in [3.05, 3.63) is 17.5 Å². The lowest BCUT2D eigenvalue weighted by atomic mass is 10.3. The van der Waals surface area contributed by atoms with Gasteiger partial charge in [0.25, 0.3) is 0 Å². The van der Waals surface area contributed by atoms with Crippen molar-refractivity contribution in [1.82, 2.24) is 15.3 Å². The second kappa shape index (κ2) is 5.22. The normalized spacial score (nSPS) is 18.9. The maximum atomic E-state index is 5.65. The van der Waals surface area contributed by atoms with Gasteiger partial charge in [-0.25, -0.2) is 4.98 Å². The highest BCUT2D eigenvalue weighted by atomic mass is 16.5. The molecule has 0 bridgehead atoms. The van der Waals surface area contributed by atoms with Gasteiger partial charge >= 0.3 is 6.01 Å². The minimum Gasteiger partial charge on any atom is -0.463 e. The predicted octanol–water partition coefficient (Wildman–Crippen LogP) is 2.22. The van der Waals surface area contributed by atoms with E-state index in [1.54, 1.807) is 0 Å². The van der Waals surface area contributed by atoms with Gasteiger partial charge in [0.05, 0.1) is 12.3 Å². The maximum absolute atomic E-state index is 5.65. The quantitative estimate of drug-likeness (QED) is 0.802. The minimum atomic E-state index is 0.545.